The van der Waals surface area contributed by atoms with Gasteiger partial charge in [0.2, 0.25) is 0 Å². The normalized spacial score (nSPS) is 16.6. The zero-order chi connectivity index (χ0) is 28.8. The van der Waals surface area contributed by atoms with Crippen LogP contribution in [-0.4, -0.2) is 71.6 Å². The van der Waals surface area contributed by atoms with Crippen molar-refractivity contribution in [3.05, 3.63) is 65.7 Å². The molecule has 0 spiro atoms. The van der Waals surface area contributed by atoms with E-state index in [-0.39, 0.29) is 17.8 Å². The SMILES string of the molecule is CC(C)(O)[C@@](C)(O)c1cc2nc(-c3cnn(C(F)F)c3)c(N3CCN(Cc4cc(F)ccc4F)CC3)nc2cn1. The maximum Gasteiger partial charge on any atom is 0.333 e. The molecule has 3 aromatic heterocycles. The highest BCUT2D eigenvalue weighted by Crippen LogP contribution is 2.35. The van der Waals surface area contributed by atoms with Crippen molar-refractivity contribution in [3.8, 4) is 11.3 Å². The second kappa shape index (κ2) is 10.4. The summed E-state index contributed by atoms with van der Waals surface area (Å²) in [4.78, 5) is 17.7. The van der Waals surface area contributed by atoms with E-state index < -0.39 is 29.4 Å². The number of hydrogen-bond acceptors (Lipinski definition) is 8. The number of benzene rings is 1. The van der Waals surface area contributed by atoms with Crippen molar-refractivity contribution in [3.63, 3.8) is 0 Å². The topological polar surface area (TPSA) is 103 Å². The summed E-state index contributed by atoms with van der Waals surface area (Å²) in [7, 11) is 0. The molecule has 0 aliphatic carbocycles. The maximum absolute atomic E-state index is 14.2. The fourth-order valence-electron chi connectivity index (χ4n) is 4.53. The zero-order valence-corrected chi connectivity index (χ0v) is 22.2. The van der Waals surface area contributed by atoms with E-state index in [1.54, 1.807) is 0 Å². The number of piperazine rings is 1. The van der Waals surface area contributed by atoms with Gasteiger partial charge in [-0.05, 0) is 45.0 Å². The van der Waals surface area contributed by atoms with Gasteiger partial charge in [-0.1, -0.05) is 0 Å². The summed E-state index contributed by atoms with van der Waals surface area (Å²) >= 11 is 0. The standard InChI is InChI=1S/C27H29F4N7O2/c1-26(2,39)27(3,40)22-11-20-21(13-32-22)35-24(23(34-20)17-12-33-38(15-17)25(30)31)37-8-6-36(7-9-37)14-16-10-18(28)4-5-19(16)29/h4-5,10-13,15,25,39-40H,6-9,14H2,1-3H3/t27-/m0/s1. The molecule has 40 heavy (non-hydrogen) atoms. The van der Waals surface area contributed by atoms with Crippen LogP contribution < -0.4 is 4.90 Å². The molecule has 212 valence electrons. The largest absolute Gasteiger partial charge is 0.387 e. The van der Waals surface area contributed by atoms with Gasteiger partial charge >= 0.3 is 6.55 Å². The van der Waals surface area contributed by atoms with Crippen molar-refractivity contribution in [2.45, 2.75) is 45.1 Å². The minimum atomic E-state index is -2.84. The number of rotatable bonds is 7. The lowest BCUT2D eigenvalue weighted by Gasteiger charge is -2.36. The molecule has 4 heterocycles. The second-order valence-corrected chi connectivity index (χ2v) is 10.6. The van der Waals surface area contributed by atoms with Crippen LogP contribution >= 0.6 is 0 Å². The number of alkyl halides is 2. The molecule has 5 rings (SSSR count). The molecule has 1 aromatic carbocycles. The maximum atomic E-state index is 14.2. The van der Waals surface area contributed by atoms with Crippen molar-refractivity contribution < 1.29 is 27.8 Å². The number of aliphatic hydroxyl groups is 2. The number of nitrogens with zero attached hydrogens (tertiary/aromatic N) is 7. The molecule has 4 aromatic rings. The summed E-state index contributed by atoms with van der Waals surface area (Å²) in [6, 6.07) is 4.89. The smallest absolute Gasteiger partial charge is 0.333 e. The molecule has 2 N–H and O–H groups in total. The molecule has 0 bridgehead atoms. The molecule has 1 atom stereocenters. The number of halogens is 4. The van der Waals surface area contributed by atoms with E-state index in [1.807, 2.05) is 9.80 Å². The van der Waals surface area contributed by atoms with E-state index in [1.165, 1.54) is 51.5 Å². The Morgan fingerprint density at radius 1 is 0.950 bits per heavy atom. The van der Waals surface area contributed by atoms with Gasteiger partial charge in [-0.2, -0.15) is 13.9 Å². The molecular weight excluding hydrogens is 530 g/mol. The van der Waals surface area contributed by atoms with E-state index in [9.17, 15) is 27.8 Å². The molecular formula is C27H29F4N7O2. The first-order valence-corrected chi connectivity index (χ1v) is 12.7. The first-order chi connectivity index (χ1) is 18.8. The molecule has 1 fully saturated rings. The highest BCUT2D eigenvalue weighted by Gasteiger charge is 2.40. The van der Waals surface area contributed by atoms with Gasteiger partial charge in [-0.3, -0.25) is 9.88 Å². The third kappa shape index (κ3) is 5.36. The Kier molecular flexibility index (Phi) is 7.23. The molecule has 0 amide bonds. The lowest BCUT2D eigenvalue weighted by molar-refractivity contribution is -0.127. The summed E-state index contributed by atoms with van der Waals surface area (Å²) in [6.45, 7) is 3.70. The van der Waals surface area contributed by atoms with Crippen LogP contribution in [0.15, 0.2) is 42.9 Å². The number of hydrogen-bond donors (Lipinski definition) is 2. The van der Waals surface area contributed by atoms with E-state index in [4.69, 9.17) is 9.97 Å². The van der Waals surface area contributed by atoms with Crippen LogP contribution in [0, 0.1) is 11.6 Å². The van der Waals surface area contributed by atoms with Crippen LogP contribution in [0.5, 0.6) is 0 Å². The fourth-order valence-corrected chi connectivity index (χ4v) is 4.53. The van der Waals surface area contributed by atoms with Crippen LogP contribution in [0.2, 0.25) is 0 Å². The predicted molar refractivity (Wildman–Crippen MR) is 140 cm³/mol. The average molecular weight is 560 g/mol. The summed E-state index contributed by atoms with van der Waals surface area (Å²) in [5.41, 5.74) is -1.41. The molecule has 1 aliphatic rings. The van der Waals surface area contributed by atoms with Gasteiger partial charge in [-0.15, -0.1) is 0 Å². The first kappa shape index (κ1) is 27.9. The van der Waals surface area contributed by atoms with E-state index in [0.29, 0.717) is 59.0 Å². The van der Waals surface area contributed by atoms with Gasteiger partial charge in [0.05, 0.1) is 29.2 Å². The van der Waals surface area contributed by atoms with Gasteiger partial charge in [-0.25, -0.2) is 23.4 Å². The average Bonchev–Trinajstić information content (AvgIpc) is 3.40. The highest BCUT2D eigenvalue weighted by atomic mass is 19.3. The summed E-state index contributed by atoms with van der Waals surface area (Å²) in [6.07, 6.45) is 3.91. The number of pyridine rings is 1. The molecule has 1 saturated heterocycles. The van der Waals surface area contributed by atoms with Crippen LogP contribution in [0.25, 0.3) is 22.3 Å². The lowest BCUT2D eigenvalue weighted by atomic mass is 9.84. The van der Waals surface area contributed by atoms with Gasteiger partial charge in [0.25, 0.3) is 0 Å². The Bertz CT molecular complexity index is 1530. The Morgan fingerprint density at radius 3 is 2.33 bits per heavy atom. The van der Waals surface area contributed by atoms with Crippen molar-refractivity contribution in [1.29, 1.82) is 0 Å². The van der Waals surface area contributed by atoms with Crippen molar-refractivity contribution in [2.75, 3.05) is 31.1 Å². The van der Waals surface area contributed by atoms with E-state index >= 15 is 0 Å². The third-order valence-corrected chi connectivity index (χ3v) is 7.37. The fraction of sp³-hybridized carbons (Fsp3) is 0.407. The molecule has 9 nitrogen and oxygen atoms in total. The van der Waals surface area contributed by atoms with Gasteiger partial charge in [0.15, 0.2) is 5.82 Å². The van der Waals surface area contributed by atoms with Crippen molar-refractivity contribution in [1.82, 2.24) is 29.6 Å². The molecule has 0 radical (unpaired) electrons. The van der Waals surface area contributed by atoms with Gasteiger partial charge in [0.1, 0.15) is 28.4 Å². The van der Waals surface area contributed by atoms with Crippen LogP contribution in [0.4, 0.5) is 23.4 Å². The minimum Gasteiger partial charge on any atom is -0.387 e. The van der Waals surface area contributed by atoms with E-state index in [2.05, 4.69) is 10.1 Å². The first-order valence-electron chi connectivity index (χ1n) is 12.7. The Labute approximate surface area is 227 Å². The molecule has 13 heteroatoms. The molecule has 0 saturated carbocycles. The Balaban J connectivity index is 1.49. The predicted octanol–water partition coefficient (Wildman–Crippen LogP) is 3.86. The second-order valence-electron chi connectivity index (χ2n) is 10.6. The lowest BCUT2D eigenvalue weighted by Crippen LogP contribution is -2.46. The third-order valence-electron chi connectivity index (χ3n) is 7.37. The van der Waals surface area contributed by atoms with Crippen molar-refractivity contribution in [2.24, 2.45) is 0 Å². The quantitative estimate of drug-likeness (QED) is 0.329. The summed E-state index contributed by atoms with van der Waals surface area (Å²) in [5, 5.41) is 25.1. The van der Waals surface area contributed by atoms with Gasteiger partial charge in [0, 0.05) is 50.0 Å². The zero-order valence-electron chi connectivity index (χ0n) is 22.2. The van der Waals surface area contributed by atoms with Crippen molar-refractivity contribution >= 4 is 16.9 Å². The van der Waals surface area contributed by atoms with Crippen LogP contribution in [-0.2, 0) is 12.1 Å². The Hall–Kier alpha value is -3.68. The van der Waals surface area contributed by atoms with E-state index in [0.717, 1.165) is 12.1 Å². The molecule has 0 unspecified atom stereocenters. The Morgan fingerprint density at radius 2 is 1.68 bits per heavy atom. The highest BCUT2D eigenvalue weighted by molar-refractivity contribution is 5.83. The summed E-state index contributed by atoms with van der Waals surface area (Å²) in [5.74, 6) is -0.545. The number of fused-ring (bicyclic) bond motifs is 1. The number of aromatic nitrogens is 5. The summed E-state index contributed by atoms with van der Waals surface area (Å²) < 4.78 is 54.9. The monoisotopic (exact) mass is 559 g/mol. The van der Waals surface area contributed by atoms with Gasteiger partial charge < -0.3 is 15.1 Å². The van der Waals surface area contributed by atoms with Crippen LogP contribution in [0.3, 0.4) is 0 Å². The minimum absolute atomic E-state index is 0.168. The number of anilines is 1. The van der Waals surface area contributed by atoms with Crippen LogP contribution in [0.1, 0.15) is 38.6 Å². The molecule has 1 aliphatic heterocycles.